The average Bonchev–Trinajstić information content (AvgIpc) is 3.09. The van der Waals surface area contributed by atoms with Gasteiger partial charge in [-0.25, -0.2) is 4.98 Å². The summed E-state index contributed by atoms with van der Waals surface area (Å²) in [5.74, 6) is -0.0842. The maximum Gasteiger partial charge on any atom is 0.263 e. The normalized spacial score (nSPS) is 19.0. The summed E-state index contributed by atoms with van der Waals surface area (Å²) in [6, 6.07) is 10.8. The van der Waals surface area contributed by atoms with Crippen LogP contribution in [-0.2, 0) is 12.8 Å². The van der Waals surface area contributed by atoms with Crippen molar-refractivity contribution in [1.29, 1.82) is 0 Å². The molecule has 0 radical (unpaired) electrons. The van der Waals surface area contributed by atoms with Crippen LogP contribution in [0.1, 0.15) is 32.9 Å². The Labute approximate surface area is 180 Å². The number of rotatable bonds is 3. The molecule has 1 saturated heterocycles. The van der Waals surface area contributed by atoms with Gasteiger partial charge in [-0.2, -0.15) is 0 Å². The van der Waals surface area contributed by atoms with Crippen molar-refractivity contribution < 1.29 is 4.79 Å². The first-order chi connectivity index (χ1) is 14.6. The molecule has 0 bridgehead atoms. The van der Waals surface area contributed by atoms with Crippen molar-refractivity contribution in [2.75, 3.05) is 36.8 Å². The van der Waals surface area contributed by atoms with Crippen LogP contribution in [0.25, 0.3) is 10.2 Å². The van der Waals surface area contributed by atoms with Gasteiger partial charge in [0.05, 0.1) is 5.69 Å². The van der Waals surface area contributed by atoms with Crippen LogP contribution in [0.5, 0.6) is 0 Å². The molecular formula is C23H27N5OS. The number of benzene rings is 1. The lowest BCUT2D eigenvalue weighted by molar-refractivity contribution is 0.0938. The lowest BCUT2D eigenvalue weighted by Gasteiger charge is -2.31. The fraction of sp³-hybridized carbons (Fsp3) is 0.391. The lowest BCUT2D eigenvalue weighted by Crippen LogP contribution is -2.43. The third kappa shape index (κ3) is 3.63. The highest BCUT2D eigenvalue weighted by Gasteiger charge is 2.24. The van der Waals surface area contributed by atoms with Crippen molar-refractivity contribution in [3.63, 3.8) is 0 Å². The number of aryl methyl sites for hydroxylation is 2. The van der Waals surface area contributed by atoms with Gasteiger partial charge in [0.15, 0.2) is 0 Å². The highest BCUT2D eigenvalue weighted by Crippen LogP contribution is 2.33. The minimum absolute atomic E-state index is 0.0842. The molecule has 3 heterocycles. The number of nitrogens with one attached hydrogen (secondary N) is 2. The van der Waals surface area contributed by atoms with Gasteiger partial charge in [-0.15, -0.1) is 11.3 Å². The first-order valence-corrected chi connectivity index (χ1v) is 11.4. The monoisotopic (exact) mass is 421 g/mol. The number of carbonyl (C=O) groups is 1. The summed E-state index contributed by atoms with van der Waals surface area (Å²) in [6.45, 7) is 6.15. The number of amides is 1. The number of nitrogens with zero attached hydrogens (tertiary/aromatic N) is 2. The summed E-state index contributed by atoms with van der Waals surface area (Å²) in [5.41, 5.74) is 11.8. The van der Waals surface area contributed by atoms with Gasteiger partial charge in [-0.3, -0.25) is 4.79 Å². The molecule has 1 aliphatic heterocycles. The Morgan fingerprint density at radius 2 is 2.07 bits per heavy atom. The van der Waals surface area contributed by atoms with Gasteiger partial charge >= 0.3 is 0 Å². The van der Waals surface area contributed by atoms with Crippen molar-refractivity contribution >= 4 is 38.8 Å². The van der Waals surface area contributed by atoms with Crippen LogP contribution in [0.3, 0.4) is 0 Å². The zero-order valence-electron chi connectivity index (χ0n) is 17.2. The number of aromatic nitrogens is 1. The Morgan fingerprint density at radius 1 is 1.23 bits per heavy atom. The predicted molar refractivity (Wildman–Crippen MR) is 124 cm³/mol. The zero-order chi connectivity index (χ0) is 20.7. The van der Waals surface area contributed by atoms with Crippen LogP contribution in [0.4, 0.5) is 11.4 Å². The average molecular weight is 422 g/mol. The smallest absolute Gasteiger partial charge is 0.263 e. The van der Waals surface area contributed by atoms with Crippen molar-refractivity contribution in [3.8, 4) is 0 Å². The minimum Gasteiger partial charge on any atom is -0.397 e. The number of nitrogens with two attached hydrogens (primary N) is 1. The Hall–Kier alpha value is -2.64. The molecule has 3 aromatic rings. The number of anilines is 2. The standard InChI is InChI=1S/C23H27N5OS/c1-14-2-7-19-20(24)21(30-23(19)26-14)22(29)27-17-5-3-16-13-18(6-4-15(16)12-17)28-10-8-25-9-11-28/h2,4,6-7,13,17,25H,3,5,8-12,24H2,1H3,(H,27,29). The summed E-state index contributed by atoms with van der Waals surface area (Å²) < 4.78 is 0. The molecule has 2 aliphatic rings. The Bertz CT molecular complexity index is 1100. The van der Waals surface area contributed by atoms with Gasteiger partial charge in [-0.1, -0.05) is 6.07 Å². The second kappa shape index (κ2) is 7.89. The van der Waals surface area contributed by atoms with Crippen molar-refractivity contribution in [1.82, 2.24) is 15.6 Å². The van der Waals surface area contributed by atoms with Crippen LogP contribution in [0.15, 0.2) is 30.3 Å². The zero-order valence-corrected chi connectivity index (χ0v) is 18.0. The van der Waals surface area contributed by atoms with Crippen LogP contribution in [-0.4, -0.2) is 43.1 Å². The summed E-state index contributed by atoms with van der Waals surface area (Å²) in [7, 11) is 0. The van der Waals surface area contributed by atoms with Gasteiger partial charge in [0.2, 0.25) is 0 Å². The Kier molecular flexibility index (Phi) is 5.08. The van der Waals surface area contributed by atoms with E-state index in [2.05, 4.69) is 38.7 Å². The Morgan fingerprint density at radius 3 is 2.90 bits per heavy atom. The number of fused-ring (bicyclic) bond motifs is 2. The third-order valence-electron chi connectivity index (χ3n) is 6.17. The maximum atomic E-state index is 12.9. The molecule has 0 saturated carbocycles. The van der Waals surface area contributed by atoms with Crippen molar-refractivity contribution in [3.05, 3.63) is 52.0 Å². The van der Waals surface area contributed by atoms with E-state index in [-0.39, 0.29) is 11.9 Å². The van der Waals surface area contributed by atoms with E-state index in [9.17, 15) is 4.79 Å². The maximum absolute atomic E-state index is 12.9. The molecular weight excluding hydrogens is 394 g/mol. The van der Waals surface area contributed by atoms with Crippen LogP contribution in [0, 0.1) is 6.92 Å². The van der Waals surface area contributed by atoms with Crippen molar-refractivity contribution in [2.45, 2.75) is 32.2 Å². The van der Waals surface area contributed by atoms with E-state index in [1.54, 1.807) is 0 Å². The first-order valence-electron chi connectivity index (χ1n) is 10.6. The molecule has 1 atom stereocenters. The molecule has 1 aromatic carbocycles. The van der Waals surface area contributed by atoms with E-state index in [1.807, 2.05) is 19.1 Å². The van der Waals surface area contributed by atoms with Crippen LogP contribution in [0.2, 0.25) is 0 Å². The molecule has 2 aromatic heterocycles. The first kappa shape index (κ1) is 19.3. The number of nitrogen functional groups attached to an aromatic ring is 1. The Balaban J connectivity index is 1.29. The molecule has 156 valence electrons. The van der Waals surface area contributed by atoms with Gasteiger partial charge in [-0.05, 0) is 61.6 Å². The number of thiophene rings is 1. The number of pyridine rings is 1. The SMILES string of the molecule is Cc1ccc2c(N)c(C(=O)NC3CCc4cc(N5CCNCC5)ccc4C3)sc2n1. The predicted octanol–water partition coefficient (Wildman–Crippen LogP) is 2.88. The molecule has 30 heavy (non-hydrogen) atoms. The molecule has 4 N–H and O–H groups in total. The van der Waals surface area contributed by atoms with Gasteiger partial charge < -0.3 is 21.3 Å². The van der Waals surface area contributed by atoms with Crippen LogP contribution < -0.4 is 21.3 Å². The third-order valence-corrected chi connectivity index (χ3v) is 7.29. The molecule has 7 heteroatoms. The molecule has 0 spiro atoms. The highest BCUT2D eigenvalue weighted by molar-refractivity contribution is 7.21. The van der Waals surface area contributed by atoms with E-state index >= 15 is 0 Å². The second-order valence-electron chi connectivity index (χ2n) is 8.25. The summed E-state index contributed by atoms with van der Waals surface area (Å²) in [6.07, 6.45) is 2.81. The van der Waals surface area contributed by atoms with Crippen molar-refractivity contribution in [2.24, 2.45) is 0 Å². The number of hydrogen-bond acceptors (Lipinski definition) is 6. The molecule has 1 aliphatic carbocycles. The fourth-order valence-electron chi connectivity index (χ4n) is 4.49. The van der Waals surface area contributed by atoms with Gasteiger partial charge in [0.1, 0.15) is 9.71 Å². The second-order valence-corrected chi connectivity index (χ2v) is 9.25. The topological polar surface area (TPSA) is 83.3 Å². The highest BCUT2D eigenvalue weighted by atomic mass is 32.1. The molecule has 1 unspecified atom stereocenters. The summed E-state index contributed by atoms with van der Waals surface area (Å²) in [5, 5.41) is 7.49. The number of piperazine rings is 1. The fourth-order valence-corrected chi connectivity index (χ4v) is 5.54. The number of carbonyl (C=O) groups excluding carboxylic acids is 1. The molecule has 5 rings (SSSR count). The van der Waals surface area contributed by atoms with E-state index in [1.165, 1.54) is 28.2 Å². The molecule has 6 nitrogen and oxygen atoms in total. The lowest BCUT2D eigenvalue weighted by atomic mass is 9.87. The number of hydrogen-bond donors (Lipinski definition) is 3. The quantitative estimate of drug-likeness (QED) is 0.606. The van der Waals surface area contributed by atoms with E-state index < -0.39 is 0 Å². The summed E-state index contributed by atoms with van der Waals surface area (Å²) >= 11 is 1.38. The molecule has 1 fully saturated rings. The largest absolute Gasteiger partial charge is 0.397 e. The molecule has 1 amide bonds. The van der Waals surface area contributed by atoms with E-state index in [4.69, 9.17) is 5.73 Å². The van der Waals surface area contributed by atoms with Crippen LogP contribution >= 0.6 is 11.3 Å². The summed E-state index contributed by atoms with van der Waals surface area (Å²) in [4.78, 5) is 21.3. The van der Waals surface area contributed by atoms with E-state index in [0.29, 0.717) is 10.6 Å². The minimum atomic E-state index is -0.0842. The van der Waals surface area contributed by atoms with Gasteiger partial charge in [0.25, 0.3) is 5.91 Å². The van der Waals surface area contributed by atoms with Gasteiger partial charge in [0, 0.05) is 49.0 Å². The van der Waals surface area contributed by atoms with E-state index in [0.717, 1.165) is 61.4 Å².